The Morgan fingerprint density at radius 1 is 1.13 bits per heavy atom. The highest BCUT2D eigenvalue weighted by molar-refractivity contribution is 14.0. The Morgan fingerprint density at radius 2 is 1.80 bits per heavy atom. The summed E-state index contributed by atoms with van der Waals surface area (Å²) >= 11 is 5.88. The first-order valence-corrected chi connectivity index (χ1v) is 12.1. The van der Waals surface area contributed by atoms with Crippen LogP contribution in [0.25, 0.3) is 0 Å². The van der Waals surface area contributed by atoms with Gasteiger partial charge >= 0.3 is 0 Å². The first kappa shape index (κ1) is 27.2. The van der Waals surface area contributed by atoms with Crippen molar-refractivity contribution in [1.82, 2.24) is 15.1 Å². The number of nitrogens with zero attached hydrogens (tertiary/aromatic N) is 3. The molecule has 30 heavy (non-hydrogen) atoms. The third-order valence-electron chi connectivity index (χ3n) is 4.50. The number of sulfone groups is 1. The maximum absolute atomic E-state index is 11.1. The molecular weight excluding hydrogens is 543 g/mol. The van der Waals surface area contributed by atoms with Crippen molar-refractivity contribution >= 4 is 51.4 Å². The van der Waals surface area contributed by atoms with E-state index in [-0.39, 0.29) is 36.3 Å². The van der Waals surface area contributed by atoms with Crippen molar-refractivity contribution in [3.8, 4) is 5.75 Å². The minimum atomic E-state index is -2.98. The van der Waals surface area contributed by atoms with E-state index in [1.165, 1.54) is 6.26 Å². The Kier molecular flexibility index (Phi) is 13.0. The molecule has 8 nitrogen and oxygen atoms in total. The third-order valence-corrected chi connectivity index (χ3v) is 5.66. The van der Waals surface area contributed by atoms with E-state index in [0.717, 1.165) is 44.4 Å². The number of aliphatic imine (C=N–C) groups is 1. The van der Waals surface area contributed by atoms with Crippen LogP contribution in [0.4, 0.5) is 0 Å². The second-order valence-corrected chi connectivity index (χ2v) is 9.54. The van der Waals surface area contributed by atoms with Gasteiger partial charge in [0.15, 0.2) is 5.96 Å². The number of guanidine groups is 1. The van der Waals surface area contributed by atoms with Gasteiger partial charge in [-0.1, -0.05) is 11.6 Å². The molecule has 1 heterocycles. The number of rotatable bonds is 10. The highest BCUT2D eigenvalue weighted by Crippen LogP contribution is 2.15. The van der Waals surface area contributed by atoms with Gasteiger partial charge < -0.3 is 19.7 Å². The largest absolute Gasteiger partial charge is 0.492 e. The summed E-state index contributed by atoms with van der Waals surface area (Å²) in [5.41, 5.74) is 0. The van der Waals surface area contributed by atoms with Gasteiger partial charge in [0.05, 0.1) is 19.0 Å². The monoisotopic (exact) mass is 574 g/mol. The Labute approximate surface area is 201 Å². The fourth-order valence-electron chi connectivity index (χ4n) is 2.89. The first-order valence-electron chi connectivity index (χ1n) is 9.69. The van der Waals surface area contributed by atoms with Gasteiger partial charge in [0, 0.05) is 57.6 Å². The van der Waals surface area contributed by atoms with Crippen molar-refractivity contribution in [3.63, 3.8) is 0 Å². The van der Waals surface area contributed by atoms with Gasteiger partial charge in [-0.2, -0.15) is 0 Å². The van der Waals surface area contributed by atoms with E-state index in [1.54, 1.807) is 7.05 Å². The molecule has 0 atom stereocenters. The molecule has 1 fully saturated rings. The van der Waals surface area contributed by atoms with Crippen LogP contribution in [0.3, 0.4) is 0 Å². The predicted octanol–water partition coefficient (Wildman–Crippen LogP) is 1.59. The zero-order valence-corrected chi connectivity index (χ0v) is 21.5. The van der Waals surface area contributed by atoms with E-state index in [4.69, 9.17) is 21.1 Å². The van der Waals surface area contributed by atoms with E-state index >= 15 is 0 Å². The van der Waals surface area contributed by atoms with Crippen LogP contribution in [0.5, 0.6) is 5.75 Å². The molecule has 1 aromatic carbocycles. The zero-order chi connectivity index (χ0) is 21.1. The van der Waals surface area contributed by atoms with Gasteiger partial charge in [0.2, 0.25) is 0 Å². The van der Waals surface area contributed by atoms with Crippen molar-refractivity contribution in [2.75, 3.05) is 78.1 Å². The van der Waals surface area contributed by atoms with Crippen molar-refractivity contribution in [1.29, 1.82) is 0 Å². The fourth-order valence-corrected chi connectivity index (χ4v) is 3.43. The molecule has 0 bridgehead atoms. The van der Waals surface area contributed by atoms with Crippen LogP contribution < -0.4 is 10.1 Å². The Morgan fingerprint density at radius 3 is 2.40 bits per heavy atom. The van der Waals surface area contributed by atoms with E-state index in [2.05, 4.69) is 20.1 Å². The summed E-state index contributed by atoms with van der Waals surface area (Å²) in [6.45, 7) is 6.41. The van der Waals surface area contributed by atoms with Gasteiger partial charge in [0.25, 0.3) is 0 Å². The van der Waals surface area contributed by atoms with Gasteiger partial charge in [-0.05, 0) is 24.3 Å². The second-order valence-electron chi connectivity index (χ2n) is 6.85. The van der Waals surface area contributed by atoms with Gasteiger partial charge in [0.1, 0.15) is 22.2 Å². The number of hydrogen-bond donors (Lipinski definition) is 1. The van der Waals surface area contributed by atoms with Crippen LogP contribution in [-0.2, 0) is 14.6 Å². The molecule has 11 heteroatoms. The average molecular weight is 575 g/mol. The highest BCUT2D eigenvalue weighted by Gasteiger charge is 2.19. The molecule has 2 rings (SSSR count). The second kappa shape index (κ2) is 14.3. The summed E-state index contributed by atoms with van der Waals surface area (Å²) in [6, 6.07) is 7.40. The lowest BCUT2D eigenvalue weighted by Crippen LogP contribution is -2.53. The van der Waals surface area contributed by atoms with E-state index in [0.29, 0.717) is 24.8 Å². The summed E-state index contributed by atoms with van der Waals surface area (Å²) in [6.07, 6.45) is 1.21. The van der Waals surface area contributed by atoms with E-state index in [9.17, 15) is 8.42 Å². The maximum Gasteiger partial charge on any atom is 0.193 e. The molecule has 0 saturated carbocycles. The Bertz CT molecular complexity index is 741. The number of halogens is 2. The third kappa shape index (κ3) is 11.0. The quantitative estimate of drug-likeness (QED) is 0.197. The summed E-state index contributed by atoms with van der Waals surface area (Å²) in [7, 11) is -1.21. The smallest absolute Gasteiger partial charge is 0.193 e. The van der Waals surface area contributed by atoms with Crippen LogP contribution >= 0.6 is 35.6 Å². The molecule has 1 saturated heterocycles. The number of hydrogen-bond acceptors (Lipinski definition) is 6. The molecular formula is C19H32ClIN4O4S. The van der Waals surface area contributed by atoms with Crippen LogP contribution in [0, 0.1) is 0 Å². The van der Waals surface area contributed by atoms with Gasteiger partial charge in [-0.15, -0.1) is 24.0 Å². The molecule has 0 radical (unpaired) electrons. The Hall–Kier alpha value is -0.820. The molecule has 1 aliphatic heterocycles. The SMILES string of the molecule is CN=C(NCCOCCS(C)(=O)=O)N1CCN(CCOc2ccc(Cl)cc2)CC1.I. The number of nitrogens with one attached hydrogen (secondary N) is 1. The lowest BCUT2D eigenvalue weighted by atomic mass is 10.3. The number of benzene rings is 1. The number of piperazine rings is 1. The lowest BCUT2D eigenvalue weighted by Gasteiger charge is -2.36. The summed E-state index contributed by atoms with van der Waals surface area (Å²) < 4.78 is 33.2. The van der Waals surface area contributed by atoms with Gasteiger partial charge in [-0.25, -0.2) is 8.42 Å². The fraction of sp³-hybridized carbons (Fsp3) is 0.632. The van der Waals surface area contributed by atoms with Crippen molar-refractivity contribution in [2.45, 2.75) is 0 Å². The molecule has 0 amide bonds. The van der Waals surface area contributed by atoms with Crippen LogP contribution in [-0.4, -0.2) is 102 Å². The molecule has 0 aromatic heterocycles. The molecule has 0 aliphatic carbocycles. The summed E-state index contributed by atoms with van der Waals surface area (Å²) in [5.74, 6) is 1.72. The normalized spacial score (nSPS) is 15.6. The van der Waals surface area contributed by atoms with Crippen LogP contribution in [0.1, 0.15) is 0 Å². The van der Waals surface area contributed by atoms with Crippen LogP contribution in [0.15, 0.2) is 29.3 Å². The Balaban J connectivity index is 0.00000450. The summed E-state index contributed by atoms with van der Waals surface area (Å²) in [5, 5.41) is 3.97. The van der Waals surface area contributed by atoms with Crippen molar-refractivity contribution in [2.24, 2.45) is 4.99 Å². The molecule has 172 valence electrons. The highest BCUT2D eigenvalue weighted by atomic mass is 127. The lowest BCUT2D eigenvalue weighted by molar-refractivity contribution is 0.145. The molecule has 0 unspecified atom stereocenters. The first-order chi connectivity index (χ1) is 13.9. The standard InChI is InChI=1S/C19H31ClN4O4S.HI/c1-21-19(22-7-13-27-15-16-29(2,25)26)24-10-8-23(9-11-24)12-14-28-18-5-3-17(20)4-6-18;/h3-6H,7-16H2,1-2H3,(H,21,22);1H. The van der Waals surface area contributed by atoms with Crippen molar-refractivity contribution < 1.29 is 17.9 Å². The predicted molar refractivity (Wildman–Crippen MR) is 132 cm³/mol. The number of ether oxygens (including phenoxy) is 2. The minimum Gasteiger partial charge on any atom is -0.492 e. The topological polar surface area (TPSA) is 83.5 Å². The molecule has 1 aromatic rings. The summed E-state index contributed by atoms with van der Waals surface area (Å²) in [4.78, 5) is 8.91. The van der Waals surface area contributed by atoms with Gasteiger partial charge in [-0.3, -0.25) is 9.89 Å². The maximum atomic E-state index is 11.1. The zero-order valence-electron chi connectivity index (χ0n) is 17.5. The van der Waals surface area contributed by atoms with E-state index < -0.39 is 9.84 Å². The average Bonchev–Trinajstić information content (AvgIpc) is 2.69. The van der Waals surface area contributed by atoms with Crippen LogP contribution in [0.2, 0.25) is 5.02 Å². The van der Waals surface area contributed by atoms with Crippen molar-refractivity contribution in [3.05, 3.63) is 29.3 Å². The molecule has 1 N–H and O–H groups in total. The molecule has 1 aliphatic rings. The minimum absolute atomic E-state index is 0. The van der Waals surface area contributed by atoms with E-state index in [1.807, 2.05) is 24.3 Å². The molecule has 0 spiro atoms.